The van der Waals surface area contributed by atoms with Gasteiger partial charge in [-0.15, -0.1) is 0 Å². The number of phosphoric acid groups is 1. The second-order valence-electron chi connectivity index (χ2n) is 7.71. The zero-order chi connectivity index (χ0) is 22.7. The zero-order valence-corrected chi connectivity index (χ0v) is 18.4. The Hall–Kier alpha value is -1.85. The fraction of sp³-hybridized carbons (Fsp3) is 0.706. The first-order valence-corrected chi connectivity index (χ1v) is 10.6. The normalized spacial score (nSPS) is 28.1. The Labute approximate surface area is 173 Å². The van der Waals surface area contributed by atoms with Crippen LogP contribution in [0.15, 0.2) is 17.1 Å². The number of anilines is 1. The summed E-state index contributed by atoms with van der Waals surface area (Å²) in [6, 6.07) is 1.23. The second kappa shape index (κ2) is 9.11. The lowest BCUT2D eigenvalue weighted by Gasteiger charge is -2.44. The van der Waals surface area contributed by atoms with Crippen molar-refractivity contribution in [1.82, 2.24) is 9.55 Å². The molecular formula is C17H27FN3O8P. The minimum absolute atomic E-state index is 0.0838. The first-order valence-electron chi connectivity index (χ1n) is 9.16. The van der Waals surface area contributed by atoms with Crippen molar-refractivity contribution in [2.75, 3.05) is 26.2 Å². The van der Waals surface area contributed by atoms with Crippen molar-refractivity contribution >= 4 is 19.6 Å². The van der Waals surface area contributed by atoms with E-state index in [2.05, 4.69) is 4.98 Å². The molecule has 2 N–H and O–H groups in total. The van der Waals surface area contributed by atoms with E-state index in [1.54, 1.807) is 27.7 Å². The molecule has 30 heavy (non-hydrogen) atoms. The minimum Gasteiger partial charge on any atom is -0.437 e. The monoisotopic (exact) mass is 451 g/mol. The van der Waals surface area contributed by atoms with Crippen LogP contribution in [0.4, 0.5) is 10.2 Å². The Bertz CT molecular complexity index is 867. The van der Waals surface area contributed by atoms with Gasteiger partial charge in [-0.25, -0.2) is 18.3 Å². The molecule has 0 aromatic carbocycles. The summed E-state index contributed by atoms with van der Waals surface area (Å²) < 4.78 is 54.8. The Morgan fingerprint density at radius 2 is 2.20 bits per heavy atom. The number of esters is 1. The van der Waals surface area contributed by atoms with Crippen LogP contribution in [0.2, 0.25) is 0 Å². The number of rotatable bonds is 7. The summed E-state index contributed by atoms with van der Waals surface area (Å²) in [5.41, 5.74) is 2.29. The van der Waals surface area contributed by atoms with E-state index in [9.17, 15) is 14.2 Å². The fourth-order valence-electron chi connectivity index (χ4n) is 2.65. The van der Waals surface area contributed by atoms with Gasteiger partial charge in [0.15, 0.2) is 6.10 Å². The quantitative estimate of drug-likeness (QED) is 0.372. The van der Waals surface area contributed by atoms with Gasteiger partial charge in [-0.1, -0.05) is 6.92 Å². The van der Waals surface area contributed by atoms with Gasteiger partial charge in [-0.05, 0) is 33.3 Å². The van der Waals surface area contributed by atoms with Crippen LogP contribution in [-0.4, -0.2) is 47.7 Å². The van der Waals surface area contributed by atoms with Crippen molar-refractivity contribution < 1.29 is 36.8 Å². The molecule has 1 aromatic rings. The first-order chi connectivity index (χ1) is 13.9. The van der Waals surface area contributed by atoms with Gasteiger partial charge >= 0.3 is 19.5 Å². The lowest BCUT2D eigenvalue weighted by atomic mass is 9.93. The van der Waals surface area contributed by atoms with Gasteiger partial charge in [0.25, 0.3) is 0 Å². The molecule has 0 bridgehead atoms. The lowest BCUT2D eigenvalue weighted by molar-refractivity contribution is -0.192. The van der Waals surface area contributed by atoms with E-state index in [1.165, 1.54) is 13.2 Å². The highest BCUT2D eigenvalue weighted by Crippen LogP contribution is 2.58. The van der Waals surface area contributed by atoms with Gasteiger partial charge in [-0.2, -0.15) is 4.98 Å². The molecule has 0 spiro atoms. The van der Waals surface area contributed by atoms with E-state index < -0.39 is 49.7 Å². The number of alkyl halides is 1. The van der Waals surface area contributed by atoms with Crippen LogP contribution in [0.1, 0.15) is 40.4 Å². The van der Waals surface area contributed by atoms with Gasteiger partial charge in [0, 0.05) is 13.3 Å². The van der Waals surface area contributed by atoms with Gasteiger partial charge in [0.2, 0.25) is 13.1 Å². The van der Waals surface area contributed by atoms with Crippen LogP contribution in [-0.2, 0) is 32.4 Å². The summed E-state index contributed by atoms with van der Waals surface area (Å²) in [6.07, 6.45) is -2.41. The number of carbonyl (C=O) groups excluding carboxylic acids is 1. The van der Waals surface area contributed by atoms with Gasteiger partial charge in [-0.3, -0.25) is 18.4 Å². The molecule has 13 heteroatoms. The van der Waals surface area contributed by atoms with Crippen LogP contribution >= 0.6 is 7.82 Å². The van der Waals surface area contributed by atoms with Crippen LogP contribution in [0.3, 0.4) is 0 Å². The van der Waals surface area contributed by atoms with E-state index in [4.69, 9.17) is 28.8 Å². The predicted molar refractivity (Wildman–Crippen MR) is 103 cm³/mol. The molecule has 2 heterocycles. The van der Waals surface area contributed by atoms with Crippen LogP contribution < -0.4 is 11.4 Å². The number of halogens is 1. The largest absolute Gasteiger partial charge is 0.478 e. The fourth-order valence-corrected chi connectivity index (χ4v) is 3.97. The molecule has 0 radical (unpaired) electrons. The molecule has 4 atom stereocenters. The SMILES string of the molecule is CC[C@@]1(OC)COP(=O)(OCOC(=O)C(C)(C)C)O[C@H]1[C@@H](F)n1ccc(N)nc1=O. The molecular weight excluding hydrogens is 424 g/mol. The molecule has 1 aliphatic heterocycles. The summed E-state index contributed by atoms with van der Waals surface area (Å²) in [5, 5.41) is 0. The molecule has 1 saturated heterocycles. The smallest absolute Gasteiger partial charge is 0.437 e. The Morgan fingerprint density at radius 3 is 2.73 bits per heavy atom. The van der Waals surface area contributed by atoms with Crippen molar-refractivity contribution in [3.8, 4) is 0 Å². The number of methoxy groups -OCH3 is 1. The van der Waals surface area contributed by atoms with E-state index in [0.29, 0.717) is 4.57 Å². The van der Waals surface area contributed by atoms with E-state index in [0.717, 1.165) is 6.20 Å². The molecule has 0 aliphatic carbocycles. The average molecular weight is 451 g/mol. The summed E-state index contributed by atoms with van der Waals surface area (Å²) in [5.74, 6) is -0.690. The molecule has 2 rings (SSSR count). The number of nitrogen functional groups attached to an aromatic ring is 1. The third-order valence-electron chi connectivity index (χ3n) is 4.61. The minimum atomic E-state index is -4.34. The molecule has 1 aliphatic rings. The summed E-state index contributed by atoms with van der Waals surface area (Å²) >= 11 is 0. The van der Waals surface area contributed by atoms with E-state index >= 15 is 4.39 Å². The van der Waals surface area contributed by atoms with Gasteiger partial charge in [0.1, 0.15) is 11.4 Å². The van der Waals surface area contributed by atoms with Crippen molar-refractivity contribution in [2.24, 2.45) is 5.41 Å². The number of aromatic nitrogens is 2. The molecule has 0 saturated carbocycles. The van der Waals surface area contributed by atoms with E-state index in [-0.39, 0.29) is 18.8 Å². The zero-order valence-electron chi connectivity index (χ0n) is 17.5. The first kappa shape index (κ1) is 24.4. The molecule has 1 fully saturated rings. The van der Waals surface area contributed by atoms with Crippen molar-refractivity contribution in [3.63, 3.8) is 0 Å². The Morgan fingerprint density at radius 1 is 1.53 bits per heavy atom. The standard InChI is InChI=1S/C17H27FN3O8P/c1-6-17(25-5)9-27-30(24,28-10-26-14(22)16(2,3)4)29-12(17)13(18)21-8-7-11(19)20-15(21)23/h7-8,12-13H,6,9-10H2,1-5H3,(H2,19,20,23)/t12-,13-,17+,30?/m0/s1. The number of nitrogens with zero attached hydrogens (tertiary/aromatic N) is 2. The number of hydrogen-bond acceptors (Lipinski definition) is 10. The second-order valence-corrected chi connectivity index (χ2v) is 9.33. The number of ether oxygens (including phenoxy) is 2. The predicted octanol–water partition coefficient (Wildman–Crippen LogP) is 2.18. The highest BCUT2D eigenvalue weighted by Gasteiger charge is 2.54. The number of nitrogens with two attached hydrogens (primary N) is 1. The lowest BCUT2D eigenvalue weighted by Crippen LogP contribution is -2.55. The maximum Gasteiger partial charge on any atom is 0.478 e. The van der Waals surface area contributed by atoms with E-state index in [1.807, 2.05) is 0 Å². The third-order valence-corrected chi connectivity index (χ3v) is 5.97. The van der Waals surface area contributed by atoms with Gasteiger partial charge in [0.05, 0.1) is 12.0 Å². The molecule has 11 nitrogen and oxygen atoms in total. The van der Waals surface area contributed by atoms with Crippen LogP contribution in [0, 0.1) is 5.41 Å². The van der Waals surface area contributed by atoms with Gasteiger partial charge < -0.3 is 15.2 Å². The number of hydrogen-bond donors (Lipinski definition) is 1. The highest BCUT2D eigenvalue weighted by molar-refractivity contribution is 7.48. The van der Waals surface area contributed by atoms with Crippen molar-refractivity contribution in [2.45, 2.75) is 52.1 Å². The molecule has 1 aromatic heterocycles. The Balaban J connectivity index is 2.24. The topological polar surface area (TPSA) is 141 Å². The van der Waals surface area contributed by atoms with Crippen molar-refractivity contribution in [3.05, 3.63) is 22.7 Å². The molecule has 1 unspecified atom stereocenters. The summed E-state index contributed by atoms with van der Waals surface area (Å²) in [6.45, 7) is 5.48. The number of carbonyl (C=O) groups is 1. The number of phosphoric ester groups is 1. The highest BCUT2D eigenvalue weighted by atomic mass is 31.2. The summed E-state index contributed by atoms with van der Waals surface area (Å²) in [7, 11) is -3.03. The van der Waals surface area contributed by atoms with Crippen molar-refractivity contribution in [1.29, 1.82) is 0 Å². The summed E-state index contributed by atoms with van der Waals surface area (Å²) in [4.78, 5) is 27.4. The Kier molecular flexibility index (Phi) is 7.41. The maximum atomic E-state index is 15.4. The molecule has 0 amide bonds. The van der Waals surface area contributed by atoms with Crippen LogP contribution in [0.25, 0.3) is 0 Å². The average Bonchev–Trinajstić information content (AvgIpc) is 2.67. The maximum absolute atomic E-state index is 15.4. The molecule has 170 valence electrons. The van der Waals surface area contributed by atoms with Crippen LogP contribution in [0.5, 0.6) is 0 Å². The third kappa shape index (κ3) is 5.25.